The summed E-state index contributed by atoms with van der Waals surface area (Å²) in [5.41, 5.74) is 3.60. The summed E-state index contributed by atoms with van der Waals surface area (Å²) in [7, 11) is 0. The molecule has 3 heterocycles. The van der Waals surface area contributed by atoms with E-state index in [4.69, 9.17) is 10.5 Å². The molecule has 13 heteroatoms. The fourth-order valence-corrected chi connectivity index (χ4v) is 4.93. The lowest BCUT2D eigenvalue weighted by Gasteiger charge is -2.50. The molecule has 2 saturated heterocycles. The summed E-state index contributed by atoms with van der Waals surface area (Å²) in [5.74, 6) is -1.55. The monoisotopic (exact) mass is 447 g/mol. The van der Waals surface area contributed by atoms with Crippen LogP contribution in [-0.2, 0) is 4.74 Å². The van der Waals surface area contributed by atoms with Gasteiger partial charge in [-0.05, 0) is 6.42 Å². The van der Waals surface area contributed by atoms with Crippen molar-refractivity contribution in [3.63, 3.8) is 0 Å². The SMILES string of the molecule is C[C@@H]1[C@@H](OC(O)C2C=CC(C(F)(F)F)=CC2)CN2C(=O)N[C@@H](CO)C3N=C(N)N(O)C312. The Morgan fingerprint density at radius 3 is 2.77 bits per heavy atom. The van der Waals surface area contributed by atoms with Gasteiger partial charge in [0.15, 0.2) is 12.0 Å². The van der Waals surface area contributed by atoms with Crippen LogP contribution in [0.25, 0.3) is 0 Å². The molecular weight excluding hydrogens is 423 g/mol. The summed E-state index contributed by atoms with van der Waals surface area (Å²) < 4.78 is 44.1. The second-order valence-electron chi connectivity index (χ2n) is 8.15. The number of hydroxylamine groups is 2. The molecule has 172 valence electrons. The third kappa shape index (κ3) is 3.18. The van der Waals surface area contributed by atoms with Crippen molar-refractivity contribution in [3.05, 3.63) is 23.8 Å². The lowest BCUT2D eigenvalue weighted by molar-refractivity contribution is -0.194. The first-order chi connectivity index (χ1) is 14.5. The Balaban J connectivity index is 1.53. The van der Waals surface area contributed by atoms with E-state index in [0.717, 1.165) is 12.2 Å². The molecule has 0 saturated carbocycles. The molecule has 4 rings (SSSR count). The molecule has 0 bridgehead atoms. The Kier molecular flexibility index (Phi) is 5.19. The van der Waals surface area contributed by atoms with Gasteiger partial charge in [-0.2, -0.15) is 18.2 Å². The van der Waals surface area contributed by atoms with Crippen LogP contribution in [0.4, 0.5) is 18.0 Å². The number of urea groups is 1. The zero-order valence-electron chi connectivity index (χ0n) is 16.5. The fraction of sp³-hybridized carbons (Fsp3) is 0.667. The van der Waals surface area contributed by atoms with Crippen molar-refractivity contribution in [1.82, 2.24) is 15.3 Å². The Morgan fingerprint density at radius 1 is 1.48 bits per heavy atom. The first kappa shape index (κ1) is 21.9. The topological polar surface area (TPSA) is 144 Å². The number of aliphatic imine (C=N–C) groups is 1. The highest BCUT2D eigenvalue weighted by Gasteiger charge is 2.69. The highest BCUT2D eigenvalue weighted by atomic mass is 19.4. The molecule has 0 aromatic rings. The lowest BCUT2D eigenvalue weighted by atomic mass is 9.82. The number of guanidine groups is 1. The summed E-state index contributed by atoms with van der Waals surface area (Å²) in [6.07, 6.45) is -3.61. The van der Waals surface area contributed by atoms with Crippen LogP contribution in [0, 0.1) is 11.8 Å². The predicted molar refractivity (Wildman–Crippen MR) is 99.3 cm³/mol. The number of aliphatic hydroxyl groups excluding tert-OH is 2. The second kappa shape index (κ2) is 7.36. The number of amides is 2. The summed E-state index contributed by atoms with van der Waals surface area (Å²) in [4.78, 5) is 18.2. The molecule has 1 aliphatic carbocycles. The maximum atomic E-state index is 12.8. The number of nitrogens with zero attached hydrogens (tertiary/aromatic N) is 3. The van der Waals surface area contributed by atoms with E-state index in [1.54, 1.807) is 6.92 Å². The number of nitrogens with two attached hydrogens (primary N) is 1. The molecule has 31 heavy (non-hydrogen) atoms. The molecule has 3 aliphatic heterocycles. The van der Waals surface area contributed by atoms with Gasteiger partial charge in [0.05, 0.1) is 30.9 Å². The van der Waals surface area contributed by atoms with E-state index in [0.29, 0.717) is 5.06 Å². The number of carbonyl (C=O) groups excluding carboxylic acids is 1. The van der Waals surface area contributed by atoms with Gasteiger partial charge in [0, 0.05) is 11.8 Å². The minimum Gasteiger partial charge on any atom is -0.394 e. The van der Waals surface area contributed by atoms with E-state index >= 15 is 0 Å². The van der Waals surface area contributed by atoms with Crippen molar-refractivity contribution in [2.24, 2.45) is 22.6 Å². The van der Waals surface area contributed by atoms with Crippen LogP contribution < -0.4 is 11.1 Å². The summed E-state index contributed by atoms with van der Waals surface area (Å²) >= 11 is 0. The molecule has 0 radical (unpaired) electrons. The molecule has 2 amide bonds. The van der Waals surface area contributed by atoms with Crippen LogP contribution in [-0.4, -0.2) is 86.8 Å². The van der Waals surface area contributed by atoms with Crippen LogP contribution >= 0.6 is 0 Å². The van der Waals surface area contributed by atoms with E-state index in [-0.39, 0.29) is 18.9 Å². The number of rotatable bonds is 4. The number of halogens is 3. The summed E-state index contributed by atoms with van der Waals surface area (Å²) in [6, 6.07) is -2.16. The molecule has 4 aliphatic rings. The molecule has 10 nitrogen and oxygen atoms in total. The highest BCUT2D eigenvalue weighted by molar-refractivity contribution is 5.85. The first-order valence-corrected chi connectivity index (χ1v) is 9.82. The number of aliphatic hydroxyl groups is 2. The van der Waals surface area contributed by atoms with Crippen molar-refractivity contribution in [2.45, 2.75) is 49.7 Å². The van der Waals surface area contributed by atoms with E-state index in [1.807, 2.05) is 0 Å². The maximum Gasteiger partial charge on any atom is 0.416 e. The van der Waals surface area contributed by atoms with Crippen molar-refractivity contribution in [2.75, 3.05) is 13.2 Å². The van der Waals surface area contributed by atoms with Crippen LogP contribution in [0.3, 0.4) is 0 Å². The first-order valence-electron chi connectivity index (χ1n) is 9.82. The van der Waals surface area contributed by atoms with Gasteiger partial charge in [0.1, 0.15) is 6.04 Å². The quantitative estimate of drug-likeness (QED) is 0.378. The van der Waals surface area contributed by atoms with Crippen LogP contribution in [0.5, 0.6) is 0 Å². The maximum absolute atomic E-state index is 12.8. The Bertz CT molecular complexity index is 849. The summed E-state index contributed by atoms with van der Waals surface area (Å²) in [6.45, 7) is 1.23. The largest absolute Gasteiger partial charge is 0.416 e. The molecular formula is C18H24F3N5O5. The summed E-state index contributed by atoms with van der Waals surface area (Å²) in [5, 5.41) is 34.2. The van der Waals surface area contributed by atoms with E-state index < -0.39 is 66.4 Å². The Hall–Kier alpha value is -2.35. The van der Waals surface area contributed by atoms with Gasteiger partial charge >= 0.3 is 12.2 Å². The number of alkyl halides is 3. The predicted octanol–water partition coefficient (Wildman–Crippen LogP) is -0.125. The second-order valence-corrected chi connectivity index (χ2v) is 8.15. The smallest absolute Gasteiger partial charge is 0.394 e. The van der Waals surface area contributed by atoms with Gasteiger partial charge in [-0.15, -0.1) is 0 Å². The van der Waals surface area contributed by atoms with Crippen LogP contribution in [0.2, 0.25) is 0 Å². The van der Waals surface area contributed by atoms with E-state index in [1.165, 1.54) is 11.0 Å². The minimum absolute atomic E-state index is 0.0291. The fourth-order valence-electron chi connectivity index (χ4n) is 4.93. The molecule has 4 unspecified atom stereocenters. The van der Waals surface area contributed by atoms with Gasteiger partial charge in [0.2, 0.25) is 5.96 Å². The number of ether oxygens (including phenoxy) is 1. The van der Waals surface area contributed by atoms with Gasteiger partial charge in [0.25, 0.3) is 0 Å². The number of carbonyl (C=O) groups is 1. The standard InChI is InChI=1S/C18H24F3N5O5/c1-8-12(31-14(28)9-2-4-10(5-3-9)18(19,20)21)6-25-16(29)23-11(7-27)13-17(8,25)26(30)15(22)24-13/h2,4-5,8-9,11-14,27-28,30H,3,6-7H2,1H3,(H2,22,24)(H,23,29)/t8-,9?,11+,12+,13?,14?,17?/m1/s1. The van der Waals surface area contributed by atoms with Gasteiger partial charge in [-0.1, -0.05) is 25.2 Å². The zero-order valence-corrected chi connectivity index (χ0v) is 16.5. The molecule has 6 N–H and O–H groups in total. The number of nitrogens with one attached hydrogen (secondary N) is 1. The lowest BCUT2D eigenvalue weighted by Crippen LogP contribution is -2.75. The van der Waals surface area contributed by atoms with Gasteiger partial charge in [-0.25, -0.2) is 9.79 Å². The van der Waals surface area contributed by atoms with Crippen LogP contribution in [0.15, 0.2) is 28.8 Å². The Morgan fingerprint density at radius 2 is 2.19 bits per heavy atom. The Labute approximate surface area is 175 Å². The minimum atomic E-state index is -4.46. The number of allylic oxidation sites excluding steroid dienone is 3. The zero-order chi connectivity index (χ0) is 22.7. The molecule has 1 spiro atoms. The average molecular weight is 447 g/mol. The number of hydrogen-bond donors (Lipinski definition) is 5. The third-order valence-corrected chi connectivity index (χ3v) is 6.56. The van der Waals surface area contributed by atoms with Crippen molar-refractivity contribution < 1.29 is 38.1 Å². The third-order valence-electron chi connectivity index (χ3n) is 6.56. The van der Waals surface area contributed by atoms with Gasteiger partial charge in [-0.3, -0.25) is 10.1 Å². The van der Waals surface area contributed by atoms with Crippen molar-refractivity contribution in [3.8, 4) is 0 Å². The van der Waals surface area contributed by atoms with E-state index in [9.17, 15) is 33.4 Å². The number of hydrogen-bond acceptors (Lipinski definition) is 8. The van der Waals surface area contributed by atoms with Crippen LogP contribution in [0.1, 0.15) is 13.3 Å². The normalized spacial score (nSPS) is 38.4. The van der Waals surface area contributed by atoms with Crippen molar-refractivity contribution >= 4 is 12.0 Å². The molecule has 0 aromatic heterocycles. The highest BCUT2D eigenvalue weighted by Crippen LogP contribution is 2.48. The molecule has 2 fully saturated rings. The van der Waals surface area contributed by atoms with E-state index in [2.05, 4.69) is 10.3 Å². The van der Waals surface area contributed by atoms with Gasteiger partial charge < -0.3 is 26.0 Å². The van der Waals surface area contributed by atoms with Crippen molar-refractivity contribution in [1.29, 1.82) is 0 Å². The average Bonchev–Trinajstić information content (AvgIpc) is 3.16. The molecule has 7 atom stereocenters. The molecule has 0 aromatic carbocycles.